The Morgan fingerprint density at radius 3 is 1.97 bits per heavy atom. The van der Waals surface area contributed by atoms with Crippen LogP contribution >= 0.6 is 11.6 Å². The van der Waals surface area contributed by atoms with E-state index < -0.39 is 0 Å². The van der Waals surface area contributed by atoms with Crippen LogP contribution in [0.5, 0.6) is 0 Å². The molecule has 0 saturated heterocycles. The van der Waals surface area contributed by atoms with Crippen molar-refractivity contribution in [3.8, 4) is 0 Å². The average molecular weight is 469 g/mol. The molecular formula is C29H29ClN4. The van der Waals surface area contributed by atoms with Gasteiger partial charge in [0.05, 0.1) is 0 Å². The van der Waals surface area contributed by atoms with Gasteiger partial charge in [0.1, 0.15) is 6.17 Å². The Labute approximate surface area is 206 Å². The third-order valence-corrected chi connectivity index (χ3v) is 6.83. The lowest BCUT2D eigenvalue weighted by atomic mass is 9.92. The molecule has 1 aromatic heterocycles. The summed E-state index contributed by atoms with van der Waals surface area (Å²) in [5.74, 6) is 1.73. The summed E-state index contributed by atoms with van der Waals surface area (Å²) >= 11 is 6.52. The summed E-state index contributed by atoms with van der Waals surface area (Å²) in [6, 6.07) is 20.9. The maximum absolute atomic E-state index is 6.52. The molecule has 0 saturated carbocycles. The number of rotatable bonds is 5. The highest BCUT2D eigenvalue weighted by atomic mass is 35.5. The normalized spacial score (nSPS) is 17.1. The molecule has 0 fully saturated rings. The molecule has 2 aromatic carbocycles. The summed E-state index contributed by atoms with van der Waals surface area (Å²) < 4.78 is 0. The zero-order valence-electron chi connectivity index (χ0n) is 19.4. The van der Waals surface area contributed by atoms with Gasteiger partial charge in [-0.2, -0.15) is 0 Å². The van der Waals surface area contributed by atoms with Crippen molar-refractivity contribution in [2.45, 2.75) is 45.2 Å². The minimum absolute atomic E-state index is 0.0461. The molecule has 0 unspecified atom stereocenters. The lowest BCUT2D eigenvalue weighted by Gasteiger charge is -2.33. The first kappa shape index (κ1) is 22.4. The van der Waals surface area contributed by atoms with Gasteiger partial charge in [0.2, 0.25) is 0 Å². The van der Waals surface area contributed by atoms with Crippen LogP contribution in [0.4, 0.5) is 23.0 Å². The van der Waals surface area contributed by atoms with E-state index in [4.69, 9.17) is 21.6 Å². The van der Waals surface area contributed by atoms with Crippen molar-refractivity contribution in [1.82, 2.24) is 9.97 Å². The first-order chi connectivity index (χ1) is 16.8. The molecule has 0 spiro atoms. The van der Waals surface area contributed by atoms with E-state index in [1.807, 2.05) is 12.1 Å². The van der Waals surface area contributed by atoms with Gasteiger partial charge in [0.15, 0.2) is 11.6 Å². The zero-order valence-corrected chi connectivity index (χ0v) is 20.2. The molecule has 0 atom stereocenters. The van der Waals surface area contributed by atoms with Crippen molar-refractivity contribution in [3.63, 3.8) is 0 Å². The molecule has 0 N–H and O–H groups in total. The maximum atomic E-state index is 6.52. The standard InChI is InChI=1S/C29H29ClN4/c1-22-10-8-9-11-23(17-16-22)24(21-30)20-27-33(25-12-4-2-5-13-25)28-29(32-19-18-31-28)34(27)26-14-6-3-7-15-26/h2-7,10-15,18-19,21,27H,8-9,16-17,20H2,1H3. The SMILES string of the molecule is CC1=CCCC=C(C(=CCl)CC2N(c3ccccc3)c3nccnc3N2c2ccccc2)CC1. The molecule has 0 amide bonds. The summed E-state index contributed by atoms with van der Waals surface area (Å²) in [5, 5.41) is 0. The van der Waals surface area contributed by atoms with Gasteiger partial charge in [0, 0.05) is 35.7 Å². The summed E-state index contributed by atoms with van der Waals surface area (Å²) in [6.45, 7) is 2.23. The van der Waals surface area contributed by atoms with E-state index in [0.717, 1.165) is 55.1 Å². The number of benzene rings is 2. The first-order valence-electron chi connectivity index (χ1n) is 11.9. The number of para-hydroxylation sites is 2. The molecule has 172 valence electrons. The van der Waals surface area contributed by atoms with Crippen LogP contribution in [0.25, 0.3) is 0 Å². The minimum atomic E-state index is -0.0461. The molecule has 2 heterocycles. The number of hydrogen-bond donors (Lipinski definition) is 0. The fourth-order valence-electron chi connectivity index (χ4n) is 4.87. The van der Waals surface area contributed by atoms with E-state index in [1.165, 1.54) is 16.7 Å². The van der Waals surface area contributed by atoms with Crippen LogP contribution in [0.2, 0.25) is 0 Å². The second-order valence-electron chi connectivity index (χ2n) is 8.79. The van der Waals surface area contributed by atoms with Crippen molar-refractivity contribution in [3.05, 3.63) is 107 Å². The van der Waals surface area contributed by atoms with E-state index in [2.05, 4.69) is 77.4 Å². The predicted molar refractivity (Wildman–Crippen MR) is 142 cm³/mol. The van der Waals surface area contributed by atoms with Gasteiger partial charge in [-0.05, 0) is 68.0 Å². The lowest BCUT2D eigenvalue weighted by Crippen LogP contribution is -2.39. The molecule has 5 heteroatoms. The van der Waals surface area contributed by atoms with Gasteiger partial charge in [-0.1, -0.05) is 65.7 Å². The summed E-state index contributed by atoms with van der Waals surface area (Å²) in [5.41, 5.74) is 7.94. The molecule has 3 aromatic rings. The van der Waals surface area contributed by atoms with Crippen molar-refractivity contribution in [2.24, 2.45) is 0 Å². The third kappa shape index (κ3) is 4.51. The molecule has 1 aliphatic carbocycles. The van der Waals surface area contributed by atoms with E-state index in [-0.39, 0.29) is 6.17 Å². The smallest absolute Gasteiger partial charge is 0.178 e. The number of hydrogen-bond acceptors (Lipinski definition) is 4. The maximum Gasteiger partial charge on any atom is 0.178 e. The van der Waals surface area contributed by atoms with Crippen molar-refractivity contribution in [2.75, 3.05) is 9.80 Å². The molecule has 0 radical (unpaired) electrons. The average Bonchev–Trinajstić information content (AvgIpc) is 3.20. The van der Waals surface area contributed by atoms with Crippen molar-refractivity contribution >= 4 is 34.6 Å². The monoisotopic (exact) mass is 468 g/mol. The fraction of sp³-hybridized carbons (Fsp3) is 0.241. The highest BCUT2D eigenvalue weighted by Gasteiger charge is 2.40. The van der Waals surface area contributed by atoms with Crippen molar-refractivity contribution < 1.29 is 0 Å². The van der Waals surface area contributed by atoms with Crippen molar-refractivity contribution in [1.29, 1.82) is 0 Å². The Morgan fingerprint density at radius 1 is 0.853 bits per heavy atom. The van der Waals surface area contributed by atoms with Gasteiger partial charge >= 0.3 is 0 Å². The largest absolute Gasteiger partial charge is 0.302 e. The van der Waals surface area contributed by atoms with Crippen LogP contribution in [-0.2, 0) is 0 Å². The number of fused-ring (bicyclic) bond motifs is 1. The highest BCUT2D eigenvalue weighted by molar-refractivity contribution is 6.26. The van der Waals surface area contributed by atoms with E-state index in [0.29, 0.717) is 0 Å². The molecule has 2 aliphatic rings. The van der Waals surface area contributed by atoms with Crippen LogP contribution < -0.4 is 9.80 Å². The Morgan fingerprint density at radius 2 is 1.41 bits per heavy atom. The number of anilines is 4. The Bertz CT molecular complexity index is 1150. The summed E-state index contributed by atoms with van der Waals surface area (Å²) in [4.78, 5) is 14.1. The van der Waals surface area contributed by atoms with E-state index in [1.54, 1.807) is 17.9 Å². The third-order valence-electron chi connectivity index (χ3n) is 6.57. The number of aromatic nitrogens is 2. The number of allylic oxidation sites excluding steroid dienone is 4. The van der Waals surface area contributed by atoms with Crippen LogP contribution in [0.1, 0.15) is 39.0 Å². The molecular weight excluding hydrogens is 440 g/mol. The van der Waals surface area contributed by atoms with Gasteiger partial charge in [-0.3, -0.25) is 0 Å². The Hall–Kier alpha value is -3.37. The molecule has 4 nitrogen and oxygen atoms in total. The lowest BCUT2D eigenvalue weighted by molar-refractivity contribution is 0.674. The van der Waals surface area contributed by atoms with Crippen LogP contribution in [-0.4, -0.2) is 16.1 Å². The van der Waals surface area contributed by atoms with Crippen LogP contribution in [0.15, 0.2) is 107 Å². The Balaban J connectivity index is 1.58. The predicted octanol–water partition coefficient (Wildman–Crippen LogP) is 8.05. The first-order valence-corrected chi connectivity index (χ1v) is 12.3. The van der Waals surface area contributed by atoms with Gasteiger partial charge < -0.3 is 9.80 Å². The molecule has 0 bridgehead atoms. The highest BCUT2D eigenvalue weighted by Crippen LogP contribution is 2.47. The second-order valence-corrected chi connectivity index (χ2v) is 9.01. The van der Waals surface area contributed by atoms with Crippen LogP contribution in [0.3, 0.4) is 0 Å². The van der Waals surface area contributed by atoms with Gasteiger partial charge in [-0.25, -0.2) is 9.97 Å². The summed E-state index contributed by atoms with van der Waals surface area (Å²) in [7, 11) is 0. The fourth-order valence-corrected chi connectivity index (χ4v) is 5.10. The number of nitrogens with zero attached hydrogens (tertiary/aromatic N) is 4. The topological polar surface area (TPSA) is 32.3 Å². The molecule has 34 heavy (non-hydrogen) atoms. The zero-order chi connectivity index (χ0) is 23.3. The quantitative estimate of drug-likeness (QED) is 0.354. The van der Waals surface area contributed by atoms with Gasteiger partial charge in [-0.15, -0.1) is 0 Å². The van der Waals surface area contributed by atoms with E-state index in [9.17, 15) is 0 Å². The summed E-state index contributed by atoms with van der Waals surface area (Å²) in [6.07, 6.45) is 13.2. The molecule has 5 rings (SSSR count). The number of halogens is 1. The molecule has 1 aliphatic heterocycles. The van der Waals surface area contributed by atoms with Gasteiger partial charge in [0.25, 0.3) is 0 Å². The second kappa shape index (κ2) is 10.3. The van der Waals surface area contributed by atoms with E-state index >= 15 is 0 Å². The van der Waals surface area contributed by atoms with Crippen LogP contribution in [0, 0.1) is 0 Å². The minimum Gasteiger partial charge on any atom is -0.302 e. The Kier molecular flexibility index (Phi) is 6.77.